The predicted molar refractivity (Wildman–Crippen MR) is 99.2 cm³/mol. The van der Waals surface area contributed by atoms with E-state index in [9.17, 15) is 14.0 Å². The Morgan fingerprint density at radius 1 is 1.22 bits per heavy atom. The minimum atomic E-state index is -0.466. The maximum atomic E-state index is 14.0. The Morgan fingerprint density at radius 3 is 2.70 bits per heavy atom. The van der Waals surface area contributed by atoms with Gasteiger partial charge < -0.3 is 15.4 Å². The van der Waals surface area contributed by atoms with Gasteiger partial charge in [-0.1, -0.05) is 12.5 Å². The fraction of sp³-hybridized carbons (Fsp3) is 0.350. The number of benzene rings is 1. The number of hydrogen-bond acceptors (Lipinski definition) is 4. The second-order valence-corrected chi connectivity index (χ2v) is 6.68. The molecule has 0 aliphatic heterocycles. The molecule has 0 bridgehead atoms. The van der Waals surface area contributed by atoms with Crippen LogP contribution in [0.5, 0.6) is 5.88 Å². The first kappa shape index (κ1) is 18.8. The number of rotatable bonds is 5. The summed E-state index contributed by atoms with van der Waals surface area (Å²) in [4.78, 5) is 29.1. The number of halogens is 1. The summed E-state index contributed by atoms with van der Waals surface area (Å²) in [6, 6.07) is 7.59. The van der Waals surface area contributed by atoms with Crippen molar-refractivity contribution < 1.29 is 18.7 Å². The first-order chi connectivity index (χ1) is 13.0. The average Bonchev–Trinajstić information content (AvgIpc) is 3.12. The van der Waals surface area contributed by atoms with Crippen LogP contribution in [0.3, 0.4) is 0 Å². The van der Waals surface area contributed by atoms with Crippen LogP contribution in [0.4, 0.5) is 10.1 Å². The van der Waals surface area contributed by atoms with Gasteiger partial charge in [0.15, 0.2) is 0 Å². The van der Waals surface area contributed by atoms with Crippen molar-refractivity contribution >= 4 is 17.5 Å². The van der Waals surface area contributed by atoms with Gasteiger partial charge in [-0.15, -0.1) is 0 Å². The fourth-order valence-corrected chi connectivity index (χ4v) is 3.28. The van der Waals surface area contributed by atoms with Crippen molar-refractivity contribution in [3.05, 3.63) is 53.5 Å². The number of amides is 2. The topological polar surface area (TPSA) is 80.3 Å². The molecule has 0 unspecified atom stereocenters. The van der Waals surface area contributed by atoms with Gasteiger partial charge in [0, 0.05) is 18.3 Å². The van der Waals surface area contributed by atoms with Crippen LogP contribution < -0.4 is 15.4 Å². The van der Waals surface area contributed by atoms with Crippen LogP contribution in [-0.4, -0.2) is 29.9 Å². The van der Waals surface area contributed by atoms with Crippen LogP contribution in [0.25, 0.3) is 0 Å². The molecule has 1 aliphatic carbocycles. The molecule has 1 aromatic carbocycles. The van der Waals surface area contributed by atoms with Gasteiger partial charge in [-0.25, -0.2) is 9.37 Å². The van der Waals surface area contributed by atoms with Crippen molar-refractivity contribution in [2.75, 3.05) is 12.4 Å². The summed E-state index contributed by atoms with van der Waals surface area (Å²) in [6.45, 7) is 1.78. The lowest BCUT2D eigenvalue weighted by Gasteiger charge is -2.21. The van der Waals surface area contributed by atoms with E-state index in [0.717, 1.165) is 12.0 Å². The minimum Gasteiger partial charge on any atom is -0.481 e. The summed E-state index contributed by atoms with van der Waals surface area (Å²) in [7, 11) is 1.50. The number of nitrogens with zero attached hydrogens (tertiary/aromatic N) is 1. The van der Waals surface area contributed by atoms with Gasteiger partial charge in [-0.05, 0) is 43.5 Å². The van der Waals surface area contributed by atoms with Crippen molar-refractivity contribution in [3.63, 3.8) is 0 Å². The fourth-order valence-electron chi connectivity index (χ4n) is 3.28. The van der Waals surface area contributed by atoms with E-state index < -0.39 is 11.7 Å². The highest BCUT2D eigenvalue weighted by Gasteiger charge is 2.34. The van der Waals surface area contributed by atoms with Crippen molar-refractivity contribution in [1.29, 1.82) is 0 Å². The van der Waals surface area contributed by atoms with Crippen molar-refractivity contribution in [3.8, 4) is 5.88 Å². The molecule has 1 aromatic heterocycles. The highest BCUT2D eigenvalue weighted by atomic mass is 19.1. The summed E-state index contributed by atoms with van der Waals surface area (Å²) >= 11 is 0. The monoisotopic (exact) mass is 371 g/mol. The molecular formula is C20H22FN3O3. The molecule has 1 aliphatic rings. The second kappa shape index (κ2) is 8.16. The van der Waals surface area contributed by atoms with Crippen LogP contribution in [0.15, 0.2) is 36.5 Å². The Kier molecular flexibility index (Phi) is 5.69. The zero-order valence-corrected chi connectivity index (χ0v) is 15.3. The highest BCUT2D eigenvalue weighted by Crippen LogP contribution is 2.28. The number of nitrogens with one attached hydrogen (secondary N) is 2. The van der Waals surface area contributed by atoms with Gasteiger partial charge in [0.05, 0.1) is 24.3 Å². The number of hydrogen-bond donors (Lipinski definition) is 2. The van der Waals surface area contributed by atoms with Gasteiger partial charge in [0.2, 0.25) is 11.8 Å². The molecule has 2 amide bonds. The third kappa shape index (κ3) is 4.42. The largest absolute Gasteiger partial charge is 0.481 e. The number of aromatic nitrogens is 1. The minimum absolute atomic E-state index is 0.155. The number of aryl methyl sites for hydroxylation is 1. The maximum Gasteiger partial charge on any atom is 0.253 e. The number of ether oxygens (including phenoxy) is 1. The Bertz CT molecular complexity index is 839. The molecule has 142 valence electrons. The molecule has 6 nitrogen and oxygen atoms in total. The molecule has 1 heterocycles. The predicted octanol–water partition coefficient (Wildman–Crippen LogP) is 3.07. The average molecular weight is 371 g/mol. The number of anilines is 1. The molecule has 2 atom stereocenters. The number of methoxy groups -OCH3 is 1. The van der Waals surface area contributed by atoms with E-state index in [1.54, 1.807) is 31.2 Å². The molecule has 27 heavy (non-hydrogen) atoms. The zero-order chi connectivity index (χ0) is 19.4. The van der Waals surface area contributed by atoms with E-state index in [-0.39, 0.29) is 23.5 Å². The lowest BCUT2D eigenvalue weighted by Crippen LogP contribution is -2.42. The van der Waals surface area contributed by atoms with Gasteiger partial charge in [-0.3, -0.25) is 9.59 Å². The van der Waals surface area contributed by atoms with Gasteiger partial charge in [0.1, 0.15) is 5.82 Å². The van der Waals surface area contributed by atoms with Crippen LogP contribution in [0.2, 0.25) is 0 Å². The van der Waals surface area contributed by atoms with Gasteiger partial charge in [-0.2, -0.15) is 0 Å². The number of carbonyl (C=O) groups is 2. The van der Waals surface area contributed by atoms with Crippen molar-refractivity contribution in [2.24, 2.45) is 5.92 Å². The first-order valence-electron chi connectivity index (χ1n) is 8.86. The third-order valence-corrected chi connectivity index (χ3v) is 4.76. The van der Waals surface area contributed by atoms with E-state index in [1.165, 1.54) is 19.4 Å². The van der Waals surface area contributed by atoms with Crippen LogP contribution in [-0.2, 0) is 4.79 Å². The Morgan fingerprint density at radius 2 is 2.04 bits per heavy atom. The molecule has 2 aromatic rings. The molecular weight excluding hydrogens is 349 g/mol. The Hall–Kier alpha value is -2.96. The van der Waals surface area contributed by atoms with Crippen LogP contribution in [0.1, 0.15) is 35.2 Å². The zero-order valence-electron chi connectivity index (χ0n) is 15.3. The maximum absolute atomic E-state index is 14.0. The third-order valence-electron chi connectivity index (χ3n) is 4.76. The highest BCUT2D eigenvalue weighted by molar-refractivity contribution is 5.96. The van der Waals surface area contributed by atoms with Crippen molar-refractivity contribution in [2.45, 2.75) is 32.2 Å². The molecule has 2 N–H and O–H groups in total. The molecule has 7 heteroatoms. The summed E-state index contributed by atoms with van der Waals surface area (Å²) in [5.74, 6) is -1.03. The van der Waals surface area contributed by atoms with E-state index >= 15 is 0 Å². The lowest BCUT2D eigenvalue weighted by molar-refractivity contribution is -0.120. The van der Waals surface area contributed by atoms with Gasteiger partial charge >= 0.3 is 0 Å². The lowest BCUT2D eigenvalue weighted by atomic mass is 10.0. The van der Waals surface area contributed by atoms with Crippen molar-refractivity contribution in [1.82, 2.24) is 10.3 Å². The summed E-state index contributed by atoms with van der Waals surface area (Å²) < 4.78 is 19.0. The quantitative estimate of drug-likeness (QED) is 0.846. The van der Waals surface area contributed by atoms with E-state index in [4.69, 9.17) is 4.74 Å². The normalized spacial score (nSPS) is 18.8. The van der Waals surface area contributed by atoms with Gasteiger partial charge in [0.25, 0.3) is 5.91 Å². The molecule has 0 saturated heterocycles. The Labute approximate surface area is 157 Å². The first-order valence-corrected chi connectivity index (χ1v) is 8.86. The molecule has 0 radical (unpaired) electrons. The van der Waals surface area contributed by atoms with E-state index in [2.05, 4.69) is 15.6 Å². The standard InChI is InChI=1S/C20H22FN3O3/c1-12-6-8-17(15(21)10-12)24-20(26)14-4-3-5-16(14)23-19(25)13-7-9-18(27-2)22-11-13/h6-11,14,16H,3-5H2,1-2H3,(H,23,25)(H,24,26)/t14-,16+/m0/s1. The molecule has 1 saturated carbocycles. The molecule has 1 fully saturated rings. The Balaban J connectivity index is 1.65. The number of carbonyl (C=O) groups excluding carboxylic acids is 2. The second-order valence-electron chi connectivity index (χ2n) is 6.68. The van der Waals surface area contributed by atoms with Crippen LogP contribution >= 0.6 is 0 Å². The molecule has 3 rings (SSSR count). The summed E-state index contributed by atoms with van der Waals surface area (Å²) in [5, 5.41) is 5.54. The van der Waals surface area contributed by atoms with E-state index in [0.29, 0.717) is 24.3 Å². The number of pyridine rings is 1. The van der Waals surface area contributed by atoms with E-state index in [1.807, 2.05) is 0 Å². The molecule has 0 spiro atoms. The summed E-state index contributed by atoms with van der Waals surface area (Å²) in [5.41, 5.74) is 1.33. The SMILES string of the molecule is COc1ccc(C(=O)N[C@@H]2CCC[C@@H]2C(=O)Nc2ccc(C)cc2F)cn1. The summed E-state index contributed by atoms with van der Waals surface area (Å²) in [6.07, 6.45) is 3.59. The smallest absolute Gasteiger partial charge is 0.253 e. The van der Waals surface area contributed by atoms with Crippen LogP contribution in [0, 0.1) is 18.7 Å².